The van der Waals surface area contributed by atoms with Gasteiger partial charge in [-0.1, -0.05) is 48.0 Å². The topological polar surface area (TPSA) is 58.2 Å². The van der Waals surface area contributed by atoms with Gasteiger partial charge in [-0.2, -0.15) is 0 Å². The number of hydrogen-bond acceptors (Lipinski definition) is 2. The van der Waals surface area contributed by atoms with Crippen LogP contribution in [0.4, 0.5) is 5.69 Å². The predicted octanol–water partition coefficient (Wildman–Crippen LogP) is 3.32. The molecule has 1 aliphatic rings. The number of carbonyl (C=O) groups excluding carboxylic acids is 2. The second-order valence-corrected chi connectivity index (χ2v) is 6.68. The molecule has 3 rings (SSSR count). The predicted molar refractivity (Wildman–Crippen MR) is 99.2 cm³/mol. The van der Waals surface area contributed by atoms with Crippen LogP contribution in [0.3, 0.4) is 0 Å². The van der Waals surface area contributed by atoms with E-state index >= 15 is 0 Å². The molecular formula is C21H24N2O2. The number of rotatable bonds is 7. The summed E-state index contributed by atoms with van der Waals surface area (Å²) in [5, 5.41) is 5.84. The smallest absolute Gasteiger partial charge is 0.228 e. The van der Waals surface area contributed by atoms with E-state index in [2.05, 4.69) is 22.8 Å². The average Bonchev–Trinajstić information content (AvgIpc) is 3.42. The van der Waals surface area contributed by atoms with E-state index in [-0.39, 0.29) is 23.7 Å². The Kier molecular flexibility index (Phi) is 5.49. The third-order valence-electron chi connectivity index (χ3n) is 4.57. The maximum Gasteiger partial charge on any atom is 0.228 e. The van der Waals surface area contributed by atoms with Crippen LogP contribution in [0.2, 0.25) is 0 Å². The van der Waals surface area contributed by atoms with Gasteiger partial charge in [0.2, 0.25) is 11.8 Å². The molecule has 2 unspecified atom stereocenters. The van der Waals surface area contributed by atoms with E-state index in [1.165, 1.54) is 5.56 Å². The molecule has 2 amide bonds. The van der Waals surface area contributed by atoms with Gasteiger partial charge >= 0.3 is 0 Å². The summed E-state index contributed by atoms with van der Waals surface area (Å²) >= 11 is 0. The van der Waals surface area contributed by atoms with Crippen molar-refractivity contribution in [2.24, 2.45) is 11.8 Å². The number of nitrogens with one attached hydrogen (secondary N) is 2. The largest absolute Gasteiger partial charge is 0.356 e. The summed E-state index contributed by atoms with van der Waals surface area (Å²) in [7, 11) is 0. The minimum absolute atomic E-state index is 0.00267. The van der Waals surface area contributed by atoms with Crippen molar-refractivity contribution in [1.29, 1.82) is 0 Å². The van der Waals surface area contributed by atoms with E-state index in [0.29, 0.717) is 13.0 Å². The van der Waals surface area contributed by atoms with Gasteiger partial charge in [-0.25, -0.2) is 0 Å². The minimum Gasteiger partial charge on any atom is -0.356 e. The molecule has 2 aromatic carbocycles. The number of carbonyl (C=O) groups is 2. The van der Waals surface area contributed by atoms with Gasteiger partial charge in [0.05, 0.1) is 11.8 Å². The second kappa shape index (κ2) is 7.97. The van der Waals surface area contributed by atoms with Gasteiger partial charge in [0, 0.05) is 12.2 Å². The molecule has 2 aromatic rings. The molecule has 0 saturated heterocycles. The van der Waals surface area contributed by atoms with Crippen molar-refractivity contribution >= 4 is 17.5 Å². The molecule has 1 aliphatic carbocycles. The van der Waals surface area contributed by atoms with E-state index in [4.69, 9.17) is 0 Å². The third kappa shape index (κ3) is 4.92. The molecule has 130 valence electrons. The number of benzene rings is 2. The lowest BCUT2D eigenvalue weighted by Gasteiger charge is -2.06. The Morgan fingerprint density at radius 2 is 1.64 bits per heavy atom. The summed E-state index contributed by atoms with van der Waals surface area (Å²) in [6.07, 6.45) is 2.49. The lowest BCUT2D eigenvalue weighted by molar-refractivity contribution is -0.125. The maximum atomic E-state index is 12.2. The van der Waals surface area contributed by atoms with E-state index < -0.39 is 0 Å². The molecule has 2 N–H and O–H groups in total. The number of hydrogen-bond donors (Lipinski definition) is 2. The second-order valence-electron chi connectivity index (χ2n) is 6.68. The SMILES string of the molecule is Cc1ccc(NC(=O)C2CC2C(=O)NCCCc2ccccc2)cc1. The number of amides is 2. The monoisotopic (exact) mass is 336 g/mol. The molecule has 1 saturated carbocycles. The Morgan fingerprint density at radius 3 is 2.36 bits per heavy atom. The highest BCUT2D eigenvalue weighted by molar-refractivity contribution is 5.99. The van der Waals surface area contributed by atoms with Crippen LogP contribution in [0.1, 0.15) is 24.0 Å². The lowest BCUT2D eigenvalue weighted by atomic mass is 10.1. The highest BCUT2D eigenvalue weighted by Crippen LogP contribution is 2.39. The van der Waals surface area contributed by atoms with Crippen molar-refractivity contribution in [2.45, 2.75) is 26.2 Å². The first-order valence-corrected chi connectivity index (χ1v) is 8.82. The molecule has 0 heterocycles. The van der Waals surface area contributed by atoms with Crippen molar-refractivity contribution in [3.63, 3.8) is 0 Å². The van der Waals surface area contributed by atoms with E-state index in [0.717, 1.165) is 24.1 Å². The Hall–Kier alpha value is -2.62. The normalized spacial score (nSPS) is 18.4. The summed E-state index contributed by atoms with van der Waals surface area (Å²) in [6, 6.07) is 17.9. The Bertz CT molecular complexity index is 725. The molecule has 4 nitrogen and oxygen atoms in total. The van der Waals surface area contributed by atoms with Crippen molar-refractivity contribution in [3.05, 3.63) is 65.7 Å². The minimum atomic E-state index is -0.199. The van der Waals surface area contributed by atoms with Crippen LogP contribution in [-0.2, 0) is 16.0 Å². The Balaban J connectivity index is 1.36. The zero-order valence-electron chi connectivity index (χ0n) is 14.5. The Labute approximate surface area is 148 Å². The first kappa shape index (κ1) is 17.2. The molecule has 0 aliphatic heterocycles. The van der Waals surface area contributed by atoms with Crippen molar-refractivity contribution in [2.75, 3.05) is 11.9 Å². The fourth-order valence-corrected chi connectivity index (χ4v) is 2.93. The lowest BCUT2D eigenvalue weighted by Crippen LogP contribution is -2.28. The zero-order valence-corrected chi connectivity index (χ0v) is 14.5. The highest BCUT2D eigenvalue weighted by atomic mass is 16.2. The van der Waals surface area contributed by atoms with Crippen LogP contribution in [0.5, 0.6) is 0 Å². The van der Waals surface area contributed by atoms with Gasteiger partial charge in [-0.15, -0.1) is 0 Å². The number of anilines is 1. The molecule has 0 spiro atoms. The highest BCUT2D eigenvalue weighted by Gasteiger charge is 2.47. The summed E-state index contributed by atoms with van der Waals surface area (Å²) in [5.41, 5.74) is 3.21. The van der Waals surface area contributed by atoms with Crippen LogP contribution >= 0.6 is 0 Å². The molecule has 0 bridgehead atoms. The van der Waals surface area contributed by atoms with Crippen molar-refractivity contribution in [3.8, 4) is 0 Å². The standard InChI is InChI=1S/C21H24N2O2/c1-15-9-11-17(12-10-15)23-21(25)19-14-18(19)20(24)22-13-5-8-16-6-3-2-4-7-16/h2-4,6-7,9-12,18-19H,5,8,13-14H2,1H3,(H,22,24)(H,23,25). The fourth-order valence-electron chi connectivity index (χ4n) is 2.93. The van der Waals surface area contributed by atoms with Crippen LogP contribution in [-0.4, -0.2) is 18.4 Å². The summed E-state index contributed by atoms with van der Waals surface area (Å²) in [5.74, 6) is -0.442. The van der Waals surface area contributed by atoms with E-state index in [1.807, 2.05) is 49.4 Å². The van der Waals surface area contributed by atoms with Gasteiger partial charge < -0.3 is 10.6 Å². The molecular weight excluding hydrogens is 312 g/mol. The average molecular weight is 336 g/mol. The van der Waals surface area contributed by atoms with Crippen LogP contribution in [0.25, 0.3) is 0 Å². The molecule has 1 fully saturated rings. The first-order chi connectivity index (χ1) is 12.1. The van der Waals surface area contributed by atoms with Crippen LogP contribution in [0, 0.1) is 18.8 Å². The van der Waals surface area contributed by atoms with Gasteiger partial charge in [-0.05, 0) is 43.9 Å². The molecule has 0 radical (unpaired) electrons. The molecule has 4 heteroatoms. The van der Waals surface area contributed by atoms with E-state index in [1.54, 1.807) is 0 Å². The summed E-state index contributed by atoms with van der Waals surface area (Å²) in [4.78, 5) is 24.3. The first-order valence-electron chi connectivity index (χ1n) is 8.82. The van der Waals surface area contributed by atoms with Gasteiger partial charge in [0.25, 0.3) is 0 Å². The Morgan fingerprint density at radius 1 is 0.960 bits per heavy atom. The number of aryl methyl sites for hydroxylation is 2. The third-order valence-corrected chi connectivity index (χ3v) is 4.57. The fraction of sp³-hybridized carbons (Fsp3) is 0.333. The maximum absolute atomic E-state index is 12.2. The summed E-state index contributed by atoms with van der Waals surface area (Å²) < 4.78 is 0. The van der Waals surface area contributed by atoms with Crippen molar-refractivity contribution < 1.29 is 9.59 Å². The van der Waals surface area contributed by atoms with Gasteiger partial charge in [0.15, 0.2) is 0 Å². The van der Waals surface area contributed by atoms with E-state index in [9.17, 15) is 9.59 Å². The quantitative estimate of drug-likeness (QED) is 0.762. The molecule has 2 atom stereocenters. The molecule has 25 heavy (non-hydrogen) atoms. The molecule has 0 aromatic heterocycles. The van der Waals surface area contributed by atoms with Crippen LogP contribution < -0.4 is 10.6 Å². The van der Waals surface area contributed by atoms with Crippen LogP contribution in [0.15, 0.2) is 54.6 Å². The van der Waals surface area contributed by atoms with Crippen molar-refractivity contribution in [1.82, 2.24) is 5.32 Å². The van der Waals surface area contributed by atoms with Gasteiger partial charge in [-0.3, -0.25) is 9.59 Å². The van der Waals surface area contributed by atoms with Gasteiger partial charge in [0.1, 0.15) is 0 Å². The summed E-state index contributed by atoms with van der Waals surface area (Å²) in [6.45, 7) is 2.65. The zero-order chi connectivity index (χ0) is 17.6.